The summed E-state index contributed by atoms with van der Waals surface area (Å²) < 4.78 is 5.99. The molecule has 2 saturated heterocycles. The van der Waals surface area contributed by atoms with E-state index >= 15 is 0 Å². The van der Waals surface area contributed by atoms with Crippen molar-refractivity contribution >= 4 is 5.97 Å². The third-order valence-corrected chi connectivity index (χ3v) is 9.02. The van der Waals surface area contributed by atoms with Crippen LogP contribution < -0.4 is 0 Å². The molecule has 6 bridgehead atoms. The summed E-state index contributed by atoms with van der Waals surface area (Å²) in [6, 6.07) is 9.31. The Morgan fingerprint density at radius 2 is 1.96 bits per heavy atom. The highest BCUT2D eigenvalue weighted by Crippen LogP contribution is 2.76. The predicted molar refractivity (Wildman–Crippen MR) is 101 cm³/mol. The molecule has 0 aromatic heterocycles. The van der Waals surface area contributed by atoms with E-state index in [1.165, 1.54) is 19.3 Å². The summed E-state index contributed by atoms with van der Waals surface area (Å²) in [6.45, 7) is 4.34. The molecule has 2 aliphatic heterocycles. The van der Waals surface area contributed by atoms with Crippen molar-refractivity contribution in [3.8, 4) is 0 Å². The van der Waals surface area contributed by atoms with Crippen LogP contribution in [0.2, 0.25) is 0 Å². The third kappa shape index (κ3) is 1.89. The first kappa shape index (κ1) is 16.6. The Labute approximate surface area is 160 Å². The van der Waals surface area contributed by atoms with Gasteiger partial charge >= 0.3 is 5.97 Å². The van der Waals surface area contributed by atoms with E-state index in [1.54, 1.807) is 0 Å². The molecule has 144 valence electrons. The quantitative estimate of drug-likeness (QED) is 0.816. The Morgan fingerprint density at radius 1 is 1.15 bits per heavy atom. The average Bonchev–Trinajstić information content (AvgIpc) is 2.93. The Hall–Kier alpha value is -1.39. The zero-order valence-electron chi connectivity index (χ0n) is 16.0. The zero-order chi connectivity index (χ0) is 18.4. The van der Waals surface area contributed by atoms with Crippen LogP contribution in [0, 0.1) is 29.1 Å². The van der Waals surface area contributed by atoms with Gasteiger partial charge in [-0.3, -0.25) is 4.90 Å². The molecule has 0 radical (unpaired) electrons. The van der Waals surface area contributed by atoms with Gasteiger partial charge in [0.15, 0.2) is 0 Å². The second-order valence-corrected chi connectivity index (χ2v) is 10.1. The van der Waals surface area contributed by atoms with Crippen molar-refractivity contribution in [1.29, 1.82) is 0 Å². The summed E-state index contributed by atoms with van der Waals surface area (Å²) in [5.74, 6) is 2.53. The summed E-state index contributed by atoms with van der Waals surface area (Å²) in [6.07, 6.45) is 5.26. The topological polar surface area (TPSA) is 49.8 Å². The van der Waals surface area contributed by atoms with Crippen molar-refractivity contribution < 1.29 is 14.6 Å². The number of piperidine rings is 2. The molecule has 3 aliphatic carbocycles. The van der Waals surface area contributed by atoms with Crippen LogP contribution in [0.15, 0.2) is 30.3 Å². The molecule has 0 amide bonds. The molecule has 9 atom stereocenters. The number of carbonyl (C=O) groups is 1. The Morgan fingerprint density at radius 3 is 2.78 bits per heavy atom. The van der Waals surface area contributed by atoms with Crippen LogP contribution in [0.1, 0.15) is 49.4 Å². The third-order valence-electron chi connectivity index (χ3n) is 9.02. The highest BCUT2D eigenvalue weighted by atomic mass is 16.5. The van der Waals surface area contributed by atoms with Crippen molar-refractivity contribution in [2.75, 3.05) is 13.1 Å². The van der Waals surface area contributed by atoms with E-state index in [9.17, 15) is 9.90 Å². The number of aliphatic hydroxyl groups excluding tert-OH is 1. The lowest BCUT2D eigenvalue weighted by Crippen LogP contribution is -2.71. The molecule has 4 nitrogen and oxygen atoms in total. The molecule has 1 aromatic carbocycles. The summed E-state index contributed by atoms with van der Waals surface area (Å²) in [4.78, 5) is 15.3. The second kappa shape index (κ2) is 5.36. The normalized spacial score (nSPS) is 51.9. The molecule has 1 spiro atoms. The van der Waals surface area contributed by atoms with E-state index in [4.69, 9.17) is 4.74 Å². The van der Waals surface area contributed by atoms with Gasteiger partial charge in [0.25, 0.3) is 0 Å². The lowest BCUT2D eigenvalue weighted by molar-refractivity contribution is -0.195. The van der Waals surface area contributed by atoms with Crippen LogP contribution in [0.3, 0.4) is 0 Å². The number of benzene rings is 1. The standard InChI is InChI=1S/C23H29NO3/c1-14-7-16-8-20(25)22-11-18(27-21(26)15-5-3-2-4-6-15)13-24-12-17(22)9-19(16)23(22,24)10-14/h2-6,14,16-20,25H,7-13H2,1H3/t14?,16?,17-,18?,19?,20?,22?,23-/m1/s1. The molecule has 7 unspecified atom stereocenters. The van der Waals surface area contributed by atoms with E-state index in [-0.39, 0.29) is 29.1 Å². The zero-order valence-corrected chi connectivity index (χ0v) is 16.0. The van der Waals surface area contributed by atoms with E-state index in [2.05, 4.69) is 11.8 Å². The van der Waals surface area contributed by atoms with Crippen LogP contribution in [0.25, 0.3) is 0 Å². The van der Waals surface area contributed by atoms with Crippen LogP contribution in [-0.4, -0.2) is 46.8 Å². The van der Waals surface area contributed by atoms with Crippen molar-refractivity contribution in [1.82, 2.24) is 4.90 Å². The average molecular weight is 367 g/mol. The lowest BCUT2D eigenvalue weighted by atomic mass is 9.48. The minimum atomic E-state index is -0.234. The fraction of sp³-hybridized carbons (Fsp3) is 0.696. The maximum absolute atomic E-state index is 12.6. The first-order chi connectivity index (χ1) is 13.0. The van der Waals surface area contributed by atoms with Gasteiger partial charge in [0.1, 0.15) is 6.10 Å². The number of aliphatic hydroxyl groups is 1. The van der Waals surface area contributed by atoms with E-state index in [1.807, 2.05) is 30.3 Å². The molecule has 4 heteroatoms. The highest BCUT2D eigenvalue weighted by molar-refractivity contribution is 5.89. The number of hydrogen-bond acceptors (Lipinski definition) is 4. The Balaban J connectivity index is 1.33. The lowest BCUT2D eigenvalue weighted by Gasteiger charge is -2.65. The summed E-state index contributed by atoms with van der Waals surface area (Å²) in [5.41, 5.74) is 0.744. The number of ether oxygens (including phenoxy) is 1. The maximum Gasteiger partial charge on any atom is 0.338 e. The number of rotatable bonds is 2. The predicted octanol–water partition coefficient (Wildman–Crippen LogP) is 3.10. The van der Waals surface area contributed by atoms with Crippen LogP contribution in [-0.2, 0) is 4.74 Å². The van der Waals surface area contributed by atoms with Gasteiger partial charge < -0.3 is 9.84 Å². The largest absolute Gasteiger partial charge is 0.457 e. The first-order valence-corrected chi connectivity index (χ1v) is 10.7. The molecular weight excluding hydrogens is 338 g/mol. The molecule has 5 fully saturated rings. The minimum Gasteiger partial charge on any atom is -0.457 e. The second-order valence-electron chi connectivity index (χ2n) is 10.1. The molecule has 1 aromatic rings. The number of nitrogens with zero attached hydrogens (tertiary/aromatic N) is 1. The summed E-state index contributed by atoms with van der Waals surface area (Å²) in [5, 5.41) is 11.4. The van der Waals surface area contributed by atoms with Crippen molar-refractivity contribution in [2.24, 2.45) is 29.1 Å². The molecule has 5 aliphatic rings. The monoisotopic (exact) mass is 367 g/mol. The van der Waals surface area contributed by atoms with Crippen LogP contribution >= 0.6 is 0 Å². The van der Waals surface area contributed by atoms with E-state index in [0.717, 1.165) is 37.8 Å². The maximum atomic E-state index is 12.6. The van der Waals surface area contributed by atoms with Crippen molar-refractivity contribution in [2.45, 2.75) is 56.8 Å². The van der Waals surface area contributed by atoms with Gasteiger partial charge in [-0.15, -0.1) is 0 Å². The molecule has 27 heavy (non-hydrogen) atoms. The Bertz CT molecular complexity index is 781. The number of hydrogen-bond donors (Lipinski definition) is 1. The summed E-state index contributed by atoms with van der Waals surface area (Å²) in [7, 11) is 0. The fourth-order valence-electron chi connectivity index (χ4n) is 8.55. The van der Waals surface area contributed by atoms with Crippen LogP contribution in [0.4, 0.5) is 0 Å². The van der Waals surface area contributed by atoms with Crippen molar-refractivity contribution in [3.05, 3.63) is 35.9 Å². The van der Waals surface area contributed by atoms with Gasteiger partial charge in [-0.05, 0) is 67.9 Å². The smallest absolute Gasteiger partial charge is 0.338 e. The van der Waals surface area contributed by atoms with Gasteiger partial charge in [0, 0.05) is 24.0 Å². The highest BCUT2D eigenvalue weighted by Gasteiger charge is 2.80. The SMILES string of the molecule is CC1CC2CC(O)C34CC(OC(=O)c5ccccc5)CN5C[C@H]3CC2[C@@]54C1. The molecule has 3 saturated carbocycles. The van der Waals surface area contributed by atoms with Gasteiger partial charge in [-0.2, -0.15) is 0 Å². The number of carbonyl (C=O) groups excluding carboxylic acids is 1. The fourth-order valence-corrected chi connectivity index (χ4v) is 8.55. The molecule has 6 rings (SSSR count). The van der Waals surface area contributed by atoms with Crippen molar-refractivity contribution in [3.63, 3.8) is 0 Å². The Kier molecular flexibility index (Phi) is 3.28. The van der Waals surface area contributed by atoms with E-state index < -0.39 is 0 Å². The van der Waals surface area contributed by atoms with Gasteiger partial charge in [0.2, 0.25) is 0 Å². The minimum absolute atomic E-state index is 0.0528. The van der Waals surface area contributed by atoms with Gasteiger partial charge in [0.05, 0.1) is 11.7 Å². The van der Waals surface area contributed by atoms with Gasteiger partial charge in [-0.25, -0.2) is 4.79 Å². The van der Waals surface area contributed by atoms with E-state index in [0.29, 0.717) is 17.4 Å². The first-order valence-electron chi connectivity index (χ1n) is 10.7. The number of esters is 1. The molecule has 2 heterocycles. The van der Waals surface area contributed by atoms with Gasteiger partial charge in [-0.1, -0.05) is 25.1 Å². The summed E-state index contributed by atoms with van der Waals surface area (Å²) >= 11 is 0. The molecule has 1 N–H and O–H groups in total. The van der Waals surface area contributed by atoms with Crippen LogP contribution in [0.5, 0.6) is 0 Å². The molecular formula is C23H29NO3.